The molecule has 1 aromatic heterocycles. The molecule has 0 aliphatic carbocycles. The summed E-state index contributed by atoms with van der Waals surface area (Å²) >= 11 is 0. The fraction of sp³-hybridized carbons (Fsp3) is 0.421. The lowest BCUT2D eigenvalue weighted by molar-refractivity contribution is -0.142. The molecule has 2 heterocycles. The number of rotatable bonds is 9. The third-order valence-corrected chi connectivity index (χ3v) is 6.16. The molecule has 0 bridgehead atoms. The van der Waals surface area contributed by atoms with Gasteiger partial charge in [-0.1, -0.05) is 0 Å². The Balaban J connectivity index is 1.70. The van der Waals surface area contributed by atoms with E-state index in [0.29, 0.717) is 5.56 Å². The normalized spacial score (nSPS) is 20.7. The minimum Gasteiger partial charge on any atom is -0.468 e. The van der Waals surface area contributed by atoms with E-state index in [1.165, 1.54) is 32.2 Å². The van der Waals surface area contributed by atoms with Gasteiger partial charge >= 0.3 is 19.4 Å². The zero-order chi connectivity index (χ0) is 24.2. The Kier molecular flexibility index (Phi) is 7.82. The number of ether oxygens (including phenoxy) is 3. The van der Waals surface area contributed by atoms with Gasteiger partial charge in [0, 0.05) is 11.8 Å². The maximum absolute atomic E-state index is 13.3. The van der Waals surface area contributed by atoms with Crippen molar-refractivity contribution in [2.45, 2.75) is 32.4 Å². The fourth-order valence-corrected chi connectivity index (χ4v) is 4.30. The number of aromatic amines is 1. The predicted octanol–water partition coefficient (Wildman–Crippen LogP) is 1.21. The number of halogens is 1. The van der Waals surface area contributed by atoms with Crippen LogP contribution in [-0.4, -0.2) is 48.2 Å². The van der Waals surface area contributed by atoms with Gasteiger partial charge in [-0.05, 0) is 38.1 Å². The van der Waals surface area contributed by atoms with Crippen LogP contribution in [0.15, 0.2) is 40.1 Å². The summed E-state index contributed by atoms with van der Waals surface area (Å²) < 4.78 is 54.0. The number of carbonyl (C=O) groups is 1. The number of benzene rings is 1. The largest absolute Gasteiger partial charge is 0.468 e. The SMILES string of the molecule is COC(=O)C(C)NP(=O)(OC[C@@H]1OC[C@H](n2cc(C)c(=O)[nH]c2=O)O1)Oc1ccc(F)cc1. The summed E-state index contributed by atoms with van der Waals surface area (Å²) in [6.07, 6.45) is -0.573. The third kappa shape index (κ3) is 6.36. The first kappa shape index (κ1) is 24.8. The molecule has 1 aromatic carbocycles. The van der Waals surface area contributed by atoms with Gasteiger partial charge in [-0.25, -0.2) is 13.8 Å². The van der Waals surface area contributed by atoms with Gasteiger partial charge in [-0.15, -0.1) is 0 Å². The predicted molar refractivity (Wildman–Crippen MR) is 111 cm³/mol. The van der Waals surface area contributed by atoms with Crippen LogP contribution in [0.5, 0.6) is 5.75 Å². The second kappa shape index (κ2) is 10.4. The highest BCUT2D eigenvalue weighted by atomic mass is 31.2. The molecule has 180 valence electrons. The molecule has 2 unspecified atom stereocenters. The van der Waals surface area contributed by atoms with Gasteiger partial charge in [0.1, 0.15) is 24.2 Å². The van der Waals surface area contributed by atoms with E-state index in [9.17, 15) is 23.3 Å². The average Bonchev–Trinajstić information content (AvgIpc) is 3.25. The molecular formula is C19H23FN3O9P. The maximum atomic E-state index is 13.3. The van der Waals surface area contributed by atoms with Crippen molar-refractivity contribution in [3.63, 3.8) is 0 Å². The van der Waals surface area contributed by atoms with Crippen molar-refractivity contribution in [3.8, 4) is 5.75 Å². The summed E-state index contributed by atoms with van der Waals surface area (Å²) in [6, 6.07) is 3.60. The molecule has 1 fully saturated rings. The standard InChI is InChI=1S/C19H23FN3O9P/c1-11-8-23(19(26)21-17(11)24)15-9-29-16(31-15)10-30-33(27,22-12(2)18(25)28-3)32-14-6-4-13(20)5-7-14/h4-8,12,15-16H,9-10H2,1-3H3,(H,22,27)(H,21,24,26)/t12?,15-,16-,33?/m1/s1. The van der Waals surface area contributed by atoms with Crippen LogP contribution < -0.4 is 20.9 Å². The molecule has 0 saturated carbocycles. The van der Waals surface area contributed by atoms with Crippen molar-refractivity contribution in [2.75, 3.05) is 20.3 Å². The van der Waals surface area contributed by atoms with Crippen LogP contribution in [0.2, 0.25) is 0 Å². The van der Waals surface area contributed by atoms with E-state index in [-0.39, 0.29) is 12.4 Å². The first-order valence-electron chi connectivity index (χ1n) is 9.74. The van der Waals surface area contributed by atoms with Gasteiger partial charge in [0.2, 0.25) is 0 Å². The van der Waals surface area contributed by atoms with Crippen molar-refractivity contribution in [1.82, 2.24) is 14.6 Å². The van der Waals surface area contributed by atoms with Gasteiger partial charge in [-0.3, -0.25) is 23.7 Å². The molecule has 1 saturated heterocycles. The maximum Gasteiger partial charge on any atom is 0.459 e. The highest BCUT2D eigenvalue weighted by molar-refractivity contribution is 7.52. The number of carbonyl (C=O) groups excluding carboxylic acids is 1. The number of aryl methyl sites for hydroxylation is 1. The van der Waals surface area contributed by atoms with E-state index in [0.717, 1.165) is 23.8 Å². The van der Waals surface area contributed by atoms with Gasteiger partial charge in [0.05, 0.1) is 13.7 Å². The molecule has 0 radical (unpaired) electrons. The van der Waals surface area contributed by atoms with E-state index in [1.807, 2.05) is 0 Å². The van der Waals surface area contributed by atoms with E-state index < -0.39 is 55.9 Å². The molecule has 2 aromatic rings. The van der Waals surface area contributed by atoms with E-state index in [2.05, 4.69) is 14.8 Å². The number of methoxy groups -OCH3 is 1. The minimum atomic E-state index is -4.20. The molecule has 0 spiro atoms. The molecule has 2 N–H and O–H groups in total. The first-order chi connectivity index (χ1) is 15.6. The van der Waals surface area contributed by atoms with E-state index in [4.69, 9.17) is 18.5 Å². The quantitative estimate of drug-likeness (QED) is 0.391. The zero-order valence-electron chi connectivity index (χ0n) is 18.0. The summed E-state index contributed by atoms with van der Waals surface area (Å²) in [7, 11) is -3.04. The summed E-state index contributed by atoms with van der Waals surface area (Å²) in [5.41, 5.74) is -0.893. The van der Waals surface area contributed by atoms with E-state index >= 15 is 0 Å². The van der Waals surface area contributed by atoms with Gasteiger partial charge in [0.25, 0.3) is 5.56 Å². The Hall–Kier alpha value is -2.83. The van der Waals surface area contributed by atoms with Crippen LogP contribution in [0.25, 0.3) is 0 Å². The summed E-state index contributed by atoms with van der Waals surface area (Å²) in [6.45, 7) is 2.46. The number of H-pyrrole nitrogens is 1. The molecule has 1 aliphatic rings. The number of hydrogen-bond acceptors (Lipinski definition) is 9. The molecule has 3 rings (SSSR count). The van der Waals surface area contributed by atoms with Crippen molar-refractivity contribution < 1.29 is 37.0 Å². The fourth-order valence-electron chi connectivity index (χ4n) is 2.83. The molecule has 0 amide bonds. The average molecular weight is 487 g/mol. The van der Waals surface area contributed by atoms with Crippen molar-refractivity contribution in [3.05, 3.63) is 62.7 Å². The molecule has 1 aliphatic heterocycles. The summed E-state index contributed by atoms with van der Waals surface area (Å²) in [5, 5.41) is 2.43. The van der Waals surface area contributed by atoms with Gasteiger partial charge in [0.15, 0.2) is 12.5 Å². The van der Waals surface area contributed by atoms with Crippen LogP contribution in [0, 0.1) is 12.7 Å². The van der Waals surface area contributed by atoms with Gasteiger partial charge < -0.3 is 18.7 Å². The first-order valence-corrected chi connectivity index (χ1v) is 11.3. The molecule has 14 heteroatoms. The van der Waals surface area contributed by atoms with Crippen LogP contribution in [0.4, 0.5) is 4.39 Å². The molecule has 4 atom stereocenters. The van der Waals surface area contributed by atoms with Crippen molar-refractivity contribution in [2.24, 2.45) is 0 Å². The Morgan fingerprint density at radius 2 is 2.06 bits per heavy atom. The van der Waals surface area contributed by atoms with Crippen LogP contribution in [0.1, 0.15) is 18.7 Å². The van der Waals surface area contributed by atoms with E-state index in [1.54, 1.807) is 0 Å². The Morgan fingerprint density at radius 1 is 1.36 bits per heavy atom. The molecule has 33 heavy (non-hydrogen) atoms. The Labute approximate surface area is 187 Å². The second-order valence-electron chi connectivity index (χ2n) is 7.04. The Bertz CT molecular complexity index is 1150. The number of esters is 1. The topological polar surface area (TPSA) is 147 Å². The minimum absolute atomic E-state index is 0.0192. The van der Waals surface area contributed by atoms with Crippen LogP contribution in [-0.2, 0) is 28.1 Å². The van der Waals surface area contributed by atoms with Crippen LogP contribution >= 0.6 is 7.75 Å². The van der Waals surface area contributed by atoms with Crippen LogP contribution in [0.3, 0.4) is 0 Å². The lowest BCUT2D eigenvalue weighted by Crippen LogP contribution is -2.35. The van der Waals surface area contributed by atoms with Gasteiger partial charge in [-0.2, -0.15) is 5.09 Å². The number of nitrogens with zero attached hydrogens (tertiary/aromatic N) is 1. The zero-order valence-corrected chi connectivity index (χ0v) is 18.9. The Morgan fingerprint density at radius 3 is 2.73 bits per heavy atom. The highest BCUT2D eigenvalue weighted by Gasteiger charge is 2.36. The molecular weight excluding hydrogens is 464 g/mol. The lowest BCUT2D eigenvalue weighted by atomic mass is 10.3. The number of nitrogens with one attached hydrogen (secondary N) is 2. The number of aromatic nitrogens is 2. The summed E-state index contributed by atoms with van der Waals surface area (Å²) in [4.78, 5) is 37.5. The smallest absolute Gasteiger partial charge is 0.459 e. The molecule has 12 nitrogen and oxygen atoms in total. The highest BCUT2D eigenvalue weighted by Crippen LogP contribution is 2.45. The third-order valence-electron chi connectivity index (χ3n) is 4.52. The van der Waals surface area contributed by atoms with Crippen molar-refractivity contribution in [1.29, 1.82) is 0 Å². The summed E-state index contributed by atoms with van der Waals surface area (Å²) in [5.74, 6) is -1.23. The van der Waals surface area contributed by atoms with Crippen molar-refractivity contribution >= 4 is 13.7 Å². The lowest BCUT2D eigenvalue weighted by Gasteiger charge is -2.23. The second-order valence-corrected chi connectivity index (χ2v) is 8.74. The monoisotopic (exact) mass is 487 g/mol. The number of hydrogen-bond donors (Lipinski definition) is 2.